The number of nitrogens with one attached hydrogen (secondary N) is 1. The van der Waals surface area contributed by atoms with Crippen molar-refractivity contribution in [1.29, 1.82) is 0 Å². The molecule has 74 valence electrons. The molecule has 0 aliphatic rings. The molecule has 0 saturated carbocycles. The molecule has 0 aliphatic carbocycles. The number of pyridine rings is 1. The number of hydrogen-bond donors (Lipinski definition) is 1. The van der Waals surface area contributed by atoms with Crippen molar-refractivity contribution < 1.29 is 0 Å². The third-order valence-corrected chi connectivity index (χ3v) is 2.94. The van der Waals surface area contributed by atoms with Gasteiger partial charge < -0.3 is 4.98 Å². The van der Waals surface area contributed by atoms with Crippen LogP contribution in [-0.4, -0.2) is 9.97 Å². The van der Waals surface area contributed by atoms with Crippen molar-refractivity contribution in [3.63, 3.8) is 0 Å². The lowest BCUT2D eigenvalue weighted by Crippen LogP contribution is -1.79. The maximum absolute atomic E-state index is 4.34. The summed E-state index contributed by atoms with van der Waals surface area (Å²) in [5.41, 5.74) is 4.77. The Morgan fingerprint density at radius 3 is 2.87 bits per heavy atom. The first-order valence-electron chi connectivity index (χ1n) is 5.10. The molecule has 2 heteroatoms. The van der Waals surface area contributed by atoms with Crippen molar-refractivity contribution in [3.8, 4) is 0 Å². The Kier molecular flexibility index (Phi) is 1.60. The van der Waals surface area contributed by atoms with Gasteiger partial charge in [0.05, 0.1) is 0 Å². The first-order valence-corrected chi connectivity index (χ1v) is 5.10. The van der Waals surface area contributed by atoms with E-state index in [1.165, 1.54) is 27.4 Å². The summed E-state index contributed by atoms with van der Waals surface area (Å²) in [6, 6.07) is 8.40. The molecule has 1 N–H and O–H groups in total. The maximum atomic E-state index is 4.34. The van der Waals surface area contributed by atoms with Gasteiger partial charge in [0, 0.05) is 33.7 Å². The van der Waals surface area contributed by atoms with Gasteiger partial charge in [-0.15, -0.1) is 0 Å². The third kappa shape index (κ3) is 1.08. The van der Waals surface area contributed by atoms with Crippen LogP contribution in [0.3, 0.4) is 0 Å². The van der Waals surface area contributed by atoms with Crippen LogP contribution in [0.25, 0.3) is 21.8 Å². The second-order valence-corrected chi connectivity index (χ2v) is 3.94. The molecule has 3 rings (SSSR count). The Bertz CT molecular complexity index is 650. The van der Waals surface area contributed by atoms with Crippen molar-refractivity contribution in [2.45, 2.75) is 13.8 Å². The van der Waals surface area contributed by atoms with E-state index in [0.29, 0.717) is 0 Å². The van der Waals surface area contributed by atoms with E-state index >= 15 is 0 Å². The topological polar surface area (TPSA) is 28.7 Å². The van der Waals surface area contributed by atoms with Crippen molar-refractivity contribution >= 4 is 21.8 Å². The van der Waals surface area contributed by atoms with Gasteiger partial charge in [0.1, 0.15) is 0 Å². The fraction of sp³-hybridized carbons (Fsp3) is 0.154. The highest BCUT2D eigenvalue weighted by molar-refractivity contribution is 6.09. The number of nitrogens with zero attached hydrogens (tertiary/aromatic N) is 1. The molecule has 0 unspecified atom stereocenters. The predicted molar refractivity (Wildman–Crippen MR) is 63.1 cm³/mol. The highest BCUT2D eigenvalue weighted by Gasteiger charge is 2.07. The molecule has 0 fully saturated rings. The molecule has 2 aromatic heterocycles. The number of benzene rings is 1. The zero-order valence-electron chi connectivity index (χ0n) is 8.83. The summed E-state index contributed by atoms with van der Waals surface area (Å²) in [4.78, 5) is 7.79. The average Bonchev–Trinajstić information content (AvgIpc) is 2.59. The maximum Gasteiger partial charge on any atom is 0.0498 e. The highest BCUT2D eigenvalue weighted by atomic mass is 14.7. The van der Waals surface area contributed by atoms with Crippen molar-refractivity contribution in [2.75, 3.05) is 0 Å². The van der Waals surface area contributed by atoms with Gasteiger partial charge in [-0.1, -0.05) is 18.2 Å². The van der Waals surface area contributed by atoms with Crippen LogP contribution in [-0.2, 0) is 0 Å². The lowest BCUT2D eigenvalue weighted by atomic mass is 10.1. The molecule has 0 amide bonds. The summed E-state index contributed by atoms with van der Waals surface area (Å²) < 4.78 is 0. The van der Waals surface area contributed by atoms with E-state index in [4.69, 9.17) is 0 Å². The van der Waals surface area contributed by atoms with Gasteiger partial charge in [-0.3, -0.25) is 4.98 Å². The monoisotopic (exact) mass is 196 g/mol. The van der Waals surface area contributed by atoms with Crippen molar-refractivity contribution in [1.82, 2.24) is 9.97 Å². The minimum absolute atomic E-state index is 1.09. The van der Waals surface area contributed by atoms with Gasteiger partial charge in [0.2, 0.25) is 0 Å². The number of aryl methyl sites for hydroxylation is 2. The molecule has 0 atom stereocenters. The smallest absolute Gasteiger partial charge is 0.0498 e. The van der Waals surface area contributed by atoms with Crippen LogP contribution < -0.4 is 0 Å². The largest absolute Gasteiger partial charge is 0.354 e. The summed E-state index contributed by atoms with van der Waals surface area (Å²) in [6.07, 6.45) is 1.85. The van der Waals surface area contributed by atoms with Gasteiger partial charge in [-0.2, -0.15) is 0 Å². The summed E-state index contributed by atoms with van der Waals surface area (Å²) in [7, 11) is 0. The number of hydrogen-bond acceptors (Lipinski definition) is 1. The Morgan fingerprint density at radius 2 is 2.00 bits per heavy atom. The van der Waals surface area contributed by atoms with E-state index in [2.05, 4.69) is 42.0 Å². The Hall–Kier alpha value is -1.83. The number of aromatic amines is 1. The molecular weight excluding hydrogens is 184 g/mol. The molecule has 0 aliphatic heterocycles. The van der Waals surface area contributed by atoms with Crippen molar-refractivity contribution in [2.24, 2.45) is 0 Å². The Morgan fingerprint density at radius 1 is 1.13 bits per heavy atom. The fourth-order valence-corrected chi connectivity index (χ4v) is 2.19. The zero-order valence-corrected chi connectivity index (χ0v) is 8.83. The average molecular weight is 196 g/mol. The normalized spacial score (nSPS) is 11.3. The second-order valence-electron chi connectivity index (χ2n) is 3.94. The molecule has 2 heterocycles. The minimum atomic E-state index is 1.09. The van der Waals surface area contributed by atoms with E-state index in [1.54, 1.807) is 0 Å². The SMILES string of the molecule is Cc1cccc2c1[nH]c1ccnc(C)c12. The standard InChI is InChI=1S/C13H12N2/c1-8-4-3-5-10-12-9(2)14-7-6-11(12)15-13(8)10/h3-7,15H,1-2H3. The van der Waals surface area contributed by atoms with E-state index < -0.39 is 0 Å². The highest BCUT2D eigenvalue weighted by Crippen LogP contribution is 2.28. The molecular formula is C13H12N2. The van der Waals surface area contributed by atoms with Crippen LogP contribution in [0.4, 0.5) is 0 Å². The zero-order chi connectivity index (χ0) is 10.4. The third-order valence-electron chi connectivity index (χ3n) is 2.94. The molecule has 1 aromatic carbocycles. The number of fused-ring (bicyclic) bond motifs is 3. The molecule has 0 saturated heterocycles. The Balaban J connectivity index is 2.65. The quantitative estimate of drug-likeness (QED) is 0.587. The van der Waals surface area contributed by atoms with Crippen LogP contribution >= 0.6 is 0 Å². The van der Waals surface area contributed by atoms with Crippen molar-refractivity contribution in [3.05, 3.63) is 41.7 Å². The van der Waals surface area contributed by atoms with Gasteiger partial charge in [0.15, 0.2) is 0 Å². The van der Waals surface area contributed by atoms with Crippen LogP contribution in [0.2, 0.25) is 0 Å². The number of aromatic nitrogens is 2. The lowest BCUT2D eigenvalue weighted by Gasteiger charge is -1.96. The molecule has 0 radical (unpaired) electrons. The van der Waals surface area contributed by atoms with Gasteiger partial charge in [-0.05, 0) is 25.5 Å². The molecule has 2 nitrogen and oxygen atoms in total. The van der Waals surface area contributed by atoms with Crippen LogP contribution in [0.5, 0.6) is 0 Å². The number of para-hydroxylation sites is 1. The predicted octanol–water partition coefficient (Wildman–Crippen LogP) is 3.33. The molecule has 0 bridgehead atoms. The van der Waals surface area contributed by atoms with E-state index in [9.17, 15) is 0 Å². The van der Waals surface area contributed by atoms with Gasteiger partial charge in [-0.25, -0.2) is 0 Å². The fourth-order valence-electron chi connectivity index (χ4n) is 2.19. The summed E-state index contributed by atoms with van der Waals surface area (Å²) in [5, 5.41) is 2.52. The lowest BCUT2D eigenvalue weighted by molar-refractivity contribution is 1.24. The molecule has 0 spiro atoms. The molecule has 3 aromatic rings. The number of H-pyrrole nitrogens is 1. The van der Waals surface area contributed by atoms with Crippen LogP contribution in [0.15, 0.2) is 30.5 Å². The van der Waals surface area contributed by atoms with E-state index in [-0.39, 0.29) is 0 Å². The first kappa shape index (κ1) is 8.48. The molecule has 15 heavy (non-hydrogen) atoms. The Labute approximate surface area is 88.0 Å². The van der Waals surface area contributed by atoms with Gasteiger partial charge >= 0.3 is 0 Å². The second kappa shape index (κ2) is 2.83. The minimum Gasteiger partial charge on any atom is -0.354 e. The summed E-state index contributed by atoms with van der Waals surface area (Å²) >= 11 is 0. The van der Waals surface area contributed by atoms with E-state index in [1.807, 2.05) is 12.3 Å². The number of rotatable bonds is 0. The van der Waals surface area contributed by atoms with E-state index in [0.717, 1.165) is 5.69 Å². The first-order chi connectivity index (χ1) is 7.27. The van der Waals surface area contributed by atoms with Crippen LogP contribution in [0, 0.1) is 13.8 Å². The summed E-state index contributed by atoms with van der Waals surface area (Å²) in [5.74, 6) is 0. The van der Waals surface area contributed by atoms with Crippen LogP contribution in [0.1, 0.15) is 11.3 Å². The van der Waals surface area contributed by atoms with Gasteiger partial charge in [0.25, 0.3) is 0 Å². The summed E-state index contributed by atoms with van der Waals surface area (Å²) in [6.45, 7) is 4.18.